The molecule has 4 rings (SSSR count). The number of rotatable bonds is 4. The van der Waals surface area contributed by atoms with Crippen molar-refractivity contribution >= 4 is 20.1 Å². The van der Waals surface area contributed by atoms with Gasteiger partial charge in [0.2, 0.25) is 0 Å². The van der Waals surface area contributed by atoms with E-state index in [1.165, 1.54) is 5.56 Å². The van der Waals surface area contributed by atoms with Crippen LogP contribution in [0.15, 0.2) is 55.1 Å². The molecule has 2 unspecified atom stereocenters. The highest BCUT2D eigenvalue weighted by Crippen LogP contribution is 2.47. The number of nitrogens with one attached hydrogen (secondary N) is 1. The molecule has 1 aliphatic carbocycles. The summed E-state index contributed by atoms with van der Waals surface area (Å²) in [6, 6.07) is 13.9. The summed E-state index contributed by atoms with van der Waals surface area (Å²) in [5.74, 6) is -0.112. The number of pyridine rings is 1. The smallest absolute Gasteiger partial charge is 0.161 e. The minimum absolute atomic E-state index is 0.0304. The molecule has 0 bridgehead atoms. The summed E-state index contributed by atoms with van der Waals surface area (Å²) in [6.07, 6.45) is 4.10. The van der Waals surface area contributed by atoms with Crippen LogP contribution in [0.1, 0.15) is 50.1 Å². The number of nitrogens with zero attached hydrogens (tertiary/aromatic N) is 1. The predicted molar refractivity (Wildman–Crippen MR) is 140 cm³/mol. The molecule has 4 nitrogen and oxygen atoms in total. The standard InChI is InChI=1S/C23H25N2O2P.2C2H6/c1-2-11-24-14-23(28)13-19-17(12-16-5-3-4-6-18(16)25-19)8-7-15-9-10-20(26)22(27)21(15)23;2*1-2/h2-6,9-10,12,24,26-27H,1,7-8,11,13-14,28H2;2*1-2H3. The van der Waals surface area contributed by atoms with E-state index >= 15 is 0 Å². The van der Waals surface area contributed by atoms with Gasteiger partial charge in [-0.3, -0.25) is 4.98 Å². The minimum atomic E-state index is -0.494. The third kappa shape index (κ3) is 5.49. The van der Waals surface area contributed by atoms with Crippen LogP contribution in [-0.4, -0.2) is 28.3 Å². The van der Waals surface area contributed by atoms with Gasteiger partial charge in [0, 0.05) is 41.3 Å². The Morgan fingerprint density at radius 2 is 1.75 bits per heavy atom. The number of hydrogen-bond donors (Lipinski definition) is 3. The highest BCUT2D eigenvalue weighted by atomic mass is 31.0. The lowest BCUT2D eigenvalue weighted by Crippen LogP contribution is -2.37. The lowest BCUT2D eigenvalue weighted by atomic mass is 9.82. The predicted octanol–water partition coefficient (Wildman–Crippen LogP) is 5.89. The first-order valence-corrected chi connectivity index (χ1v) is 12.1. The van der Waals surface area contributed by atoms with Gasteiger partial charge in [-0.2, -0.15) is 0 Å². The second kappa shape index (κ2) is 12.0. The van der Waals surface area contributed by atoms with Crippen LogP contribution in [0, 0.1) is 0 Å². The Morgan fingerprint density at radius 3 is 2.47 bits per heavy atom. The molecule has 1 aromatic heterocycles. The van der Waals surface area contributed by atoms with Crippen molar-refractivity contribution in [1.29, 1.82) is 0 Å². The van der Waals surface area contributed by atoms with Crippen molar-refractivity contribution in [2.45, 2.75) is 52.1 Å². The fraction of sp³-hybridized carbons (Fsp3) is 0.370. The molecule has 0 saturated heterocycles. The van der Waals surface area contributed by atoms with Gasteiger partial charge in [0.25, 0.3) is 0 Å². The topological polar surface area (TPSA) is 65.4 Å². The average Bonchev–Trinajstić information content (AvgIpc) is 2.81. The van der Waals surface area contributed by atoms with Crippen molar-refractivity contribution in [3.8, 4) is 11.5 Å². The normalized spacial score (nSPS) is 16.8. The van der Waals surface area contributed by atoms with Gasteiger partial charge in [0.1, 0.15) is 0 Å². The SMILES string of the molecule is C=CCNCC1(P)Cc2nc3ccccc3cc2CCc2ccc(O)c(O)c21.CC.CC. The molecule has 1 heterocycles. The maximum atomic E-state index is 10.7. The van der Waals surface area contributed by atoms with E-state index in [1.54, 1.807) is 6.07 Å². The van der Waals surface area contributed by atoms with Crippen molar-refractivity contribution in [1.82, 2.24) is 10.3 Å². The van der Waals surface area contributed by atoms with E-state index in [1.807, 2.05) is 58.0 Å². The molecule has 3 aromatic rings. The molecule has 0 amide bonds. The molecular weight excluding hydrogens is 415 g/mol. The van der Waals surface area contributed by atoms with Crippen LogP contribution < -0.4 is 5.32 Å². The van der Waals surface area contributed by atoms with Gasteiger partial charge < -0.3 is 15.5 Å². The van der Waals surface area contributed by atoms with Gasteiger partial charge in [0.15, 0.2) is 11.5 Å². The fourth-order valence-corrected chi connectivity index (χ4v) is 4.82. The van der Waals surface area contributed by atoms with Gasteiger partial charge in [-0.1, -0.05) is 58.0 Å². The van der Waals surface area contributed by atoms with Gasteiger partial charge in [-0.25, -0.2) is 0 Å². The Hall–Kier alpha value is -2.42. The van der Waals surface area contributed by atoms with Crippen LogP contribution in [-0.2, 0) is 24.4 Å². The van der Waals surface area contributed by atoms with Crippen LogP contribution in [0.3, 0.4) is 0 Å². The molecular formula is C27H37N2O2P. The molecule has 2 atom stereocenters. The summed E-state index contributed by atoms with van der Waals surface area (Å²) < 4.78 is 0. The Morgan fingerprint density at radius 1 is 1.06 bits per heavy atom. The van der Waals surface area contributed by atoms with Crippen LogP contribution >= 0.6 is 9.24 Å². The number of benzene rings is 2. The second-order valence-electron chi connectivity index (χ2n) is 7.51. The number of phenols is 2. The van der Waals surface area contributed by atoms with E-state index < -0.39 is 5.16 Å². The van der Waals surface area contributed by atoms with Gasteiger partial charge in [0.05, 0.1) is 5.52 Å². The van der Waals surface area contributed by atoms with Crippen LogP contribution in [0.4, 0.5) is 0 Å². The van der Waals surface area contributed by atoms with Crippen LogP contribution in [0.5, 0.6) is 11.5 Å². The van der Waals surface area contributed by atoms with Gasteiger partial charge in [-0.15, -0.1) is 15.8 Å². The lowest BCUT2D eigenvalue weighted by molar-refractivity contribution is 0.388. The molecule has 0 fully saturated rings. The third-order valence-electron chi connectivity index (χ3n) is 5.51. The van der Waals surface area contributed by atoms with Crippen LogP contribution in [0.25, 0.3) is 10.9 Å². The number of phenolic OH excluding ortho intramolecular Hbond substituents is 2. The van der Waals surface area contributed by atoms with E-state index in [9.17, 15) is 10.2 Å². The molecule has 0 radical (unpaired) electrons. The summed E-state index contributed by atoms with van der Waals surface area (Å²) in [5.41, 5.74) is 5.11. The van der Waals surface area contributed by atoms with E-state index in [2.05, 4.69) is 33.3 Å². The summed E-state index contributed by atoms with van der Waals surface area (Å²) in [4.78, 5) is 4.96. The Bertz CT molecular complexity index is 1050. The first-order valence-electron chi connectivity index (χ1n) is 11.5. The highest BCUT2D eigenvalue weighted by molar-refractivity contribution is 7.18. The molecule has 32 heavy (non-hydrogen) atoms. The van der Waals surface area contributed by atoms with E-state index in [-0.39, 0.29) is 11.5 Å². The van der Waals surface area contributed by atoms with Crippen molar-refractivity contribution in [2.75, 3.05) is 13.1 Å². The molecule has 172 valence electrons. The lowest BCUT2D eigenvalue weighted by Gasteiger charge is -2.35. The number of aromatic nitrogens is 1. The molecule has 0 saturated carbocycles. The summed E-state index contributed by atoms with van der Waals surface area (Å²) in [5, 5.41) is 25.0. The van der Waals surface area contributed by atoms with Crippen molar-refractivity contribution in [2.24, 2.45) is 0 Å². The maximum absolute atomic E-state index is 10.7. The fourth-order valence-electron chi connectivity index (χ4n) is 4.16. The number of para-hydroxylation sites is 1. The zero-order valence-corrected chi connectivity index (χ0v) is 20.9. The quantitative estimate of drug-likeness (QED) is 0.200. The second-order valence-corrected chi connectivity index (χ2v) is 8.61. The first-order chi connectivity index (χ1) is 15.5. The molecule has 5 heteroatoms. The molecule has 0 aliphatic heterocycles. The zero-order valence-electron chi connectivity index (χ0n) is 19.8. The highest BCUT2D eigenvalue weighted by Gasteiger charge is 2.36. The molecule has 2 aromatic carbocycles. The summed E-state index contributed by atoms with van der Waals surface area (Å²) >= 11 is 0. The summed E-state index contributed by atoms with van der Waals surface area (Å²) in [6.45, 7) is 13.1. The average molecular weight is 453 g/mol. The number of fused-ring (bicyclic) bond motifs is 3. The van der Waals surface area contributed by atoms with E-state index in [0.717, 1.165) is 40.6 Å². The van der Waals surface area contributed by atoms with E-state index in [4.69, 9.17) is 4.98 Å². The number of hydrogen-bond acceptors (Lipinski definition) is 4. The Kier molecular flexibility index (Phi) is 9.68. The zero-order chi connectivity index (χ0) is 23.7. The molecule has 0 spiro atoms. The Balaban J connectivity index is 0.000000860. The number of aryl methyl sites for hydroxylation is 2. The Labute approximate surface area is 195 Å². The van der Waals surface area contributed by atoms with Crippen molar-refractivity contribution in [3.05, 3.63) is 77.5 Å². The molecule has 3 N–H and O–H groups in total. The first kappa shape index (κ1) is 25.8. The van der Waals surface area contributed by atoms with Gasteiger partial charge >= 0.3 is 0 Å². The van der Waals surface area contributed by atoms with Crippen LogP contribution in [0.2, 0.25) is 0 Å². The van der Waals surface area contributed by atoms with Gasteiger partial charge in [-0.05, 0) is 42.2 Å². The van der Waals surface area contributed by atoms with E-state index in [0.29, 0.717) is 19.5 Å². The van der Waals surface area contributed by atoms with Crippen molar-refractivity contribution < 1.29 is 10.2 Å². The minimum Gasteiger partial charge on any atom is -0.504 e. The number of aromatic hydroxyl groups is 2. The monoisotopic (exact) mass is 452 g/mol. The summed E-state index contributed by atoms with van der Waals surface area (Å²) in [7, 11) is 2.93. The largest absolute Gasteiger partial charge is 0.504 e. The molecule has 1 aliphatic rings. The van der Waals surface area contributed by atoms with Crippen molar-refractivity contribution in [3.63, 3.8) is 0 Å². The third-order valence-corrected chi connectivity index (χ3v) is 6.21. The maximum Gasteiger partial charge on any atom is 0.161 e.